The van der Waals surface area contributed by atoms with E-state index in [-0.39, 0.29) is 0 Å². The largest absolute Gasteiger partial charge is 0.296 e. The Labute approximate surface area is 81.2 Å². The predicted octanol–water partition coefficient (Wildman–Crippen LogP) is 1.57. The number of aromatic nitrogens is 2. The van der Waals surface area contributed by atoms with Crippen LogP contribution in [-0.4, -0.2) is 15.9 Å². The lowest BCUT2D eigenvalue weighted by Gasteiger charge is -2.08. The predicted molar refractivity (Wildman–Crippen MR) is 53.1 cm³/mol. The number of carbonyl (C=O) groups excluding carboxylic acids is 1. The summed E-state index contributed by atoms with van der Waals surface area (Å²) in [5.41, 5.74) is 4.52. The molecule has 0 saturated carbocycles. The van der Waals surface area contributed by atoms with Crippen LogP contribution in [-0.2, 0) is 0 Å². The van der Waals surface area contributed by atoms with Gasteiger partial charge in [-0.05, 0) is 24.3 Å². The van der Waals surface area contributed by atoms with Gasteiger partial charge in [0.25, 0.3) is 0 Å². The standard InChI is InChI=1S/C10H9N3O/c14-8-10-2-1-7-13(10)12-9-3-5-11-6-4-9/h1-8H,(H,11,12). The van der Waals surface area contributed by atoms with Crippen LogP contribution in [0.2, 0.25) is 0 Å². The molecule has 2 aromatic heterocycles. The number of nitrogens with zero attached hydrogens (tertiary/aromatic N) is 2. The lowest BCUT2D eigenvalue weighted by atomic mass is 10.4. The van der Waals surface area contributed by atoms with Crippen molar-refractivity contribution in [2.45, 2.75) is 0 Å². The van der Waals surface area contributed by atoms with Crippen LogP contribution in [0.15, 0.2) is 42.9 Å². The van der Waals surface area contributed by atoms with E-state index >= 15 is 0 Å². The Hall–Kier alpha value is -2.10. The van der Waals surface area contributed by atoms with Crippen molar-refractivity contribution < 1.29 is 4.79 Å². The molecule has 2 rings (SSSR count). The van der Waals surface area contributed by atoms with E-state index in [0.29, 0.717) is 5.69 Å². The van der Waals surface area contributed by atoms with E-state index in [1.165, 1.54) is 0 Å². The van der Waals surface area contributed by atoms with Crippen LogP contribution in [0, 0.1) is 0 Å². The third-order valence-electron chi connectivity index (χ3n) is 1.83. The minimum Gasteiger partial charge on any atom is -0.296 e. The van der Waals surface area contributed by atoms with E-state index in [9.17, 15) is 4.79 Å². The third kappa shape index (κ3) is 1.64. The minimum absolute atomic E-state index is 0.585. The number of hydrogen-bond donors (Lipinski definition) is 1. The van der Waals surface area contributed by atoms with Gasteiger partial charge in [0.1, 0.15) is 5.69 Å². The highest BCUT2D eigenvalue weighted by molar-refractivity contribution is 5.72. The highest BCUT2D eigenvalue weighted by atomic mass is 16.1. The van der Waals surface area contributed by atoms with Crippen molar-refractivity contribution in [2.75, 3.05) is 5.43 Å². The molecule has 0 bridgehead atoms. The number of aldehydes is 1. The van der Waals surface area contributed by atoms with E-state index in [0.717, 1.165) is 12.0 Å². The maximum absolute atomic E-state index is 10.6. The number of hydrogen-bond acceptors (Lipinski definition) is 3. The first kappa shape index (κ1) is 8.50. The molecule has 0 radical (unpaired) electrons. The Bertz CT molecular complexity index is 422. The second kappa shape index (κ2) is 3.74. The monoisotopic (exact) mass is 187 g/mol. The highest BCUT2D eigenvalue weighted by Crippen LogP contribution is 2.06. The van der Waals surface area contributed by atoms with Crippen LogP contribution in [0.25, 0.3) is 0 Å². The first-order chi connectivity index (χ1) is 6.90. The van der Waals surface area contributed by atoms with Gasteiger partial charge in [-0.25, -0.2) is 0 Å². The van der Waals surface area contributed by atoms with Gasteiger partial charge in [0.2, 0.25) is 0 Å². The fourth-order valence-corrected chi connectivity index (χ4v) is 1.16. The molecule has 0 saturated heterocycles. The van der Waals surface area contributed by atoms with Gasteiger partial charge in [0.15, 0.2) is 6.29 Å². The van der Waals surface area contributed by atoms with Crippen LogP contribution in [0.5, 0.6) is 0 Å². The van der Waals surface area contributed by atoms with E-state index in [1.807, 2.05) is 12.1 Å². The first-order valence-corrected chi connectivity index (χ1v) is 4.20. The third-order valence-corrected chi connectivity index (χ3v) is 1.83. The Morgan fingerprint density at radius 2 is 2.07 bits per heavy atom. The Kier molecular flexibility index (Phi) is 2.27. The van der Waals surface area contributed by atoms with Crippen LogP contribution in [0.4, 0.5) is 5.69 Å². The van der Waals surface area contributed by atoms with Crippen molar-refractivity contribution in [1.29, 1.82) is 0 Å². The second-order valence-electron chi connectivity index (χ2n) is 2.77. The molecule has 0 fully saturated rings. The molecule has 1 N–H and O–H groups in total. The molecule has 0 unspecified atom stereocenters. The van der Waals surface area contributed by atoms with Gasteiger partial charge in [-0.2, -0.15) is 0 Å². The quantitative estimate of drug-likeness (QED) is 0.742. The summed E-state index contributed by atoms with van der Waals surface area (Å²) in [5.74, 6) is 0. The summed E-state index contributed by atoms with van der Waals surface area (Å²) in [6.07, 6.45) is 5.96. The van der Waals surface area contributed by atoms with Gasteiger partial charge in [-0.15, -0.1) is 0 Å². The van der Waals surface area contributed by atoms with Gasteiger partial charge in [-0.1, -0.05) is 0 Å². The number of anilines is 1. The number of pyridine rings is 1. The summed E-state index contributed by atoms with van der Waals surface area (Å²) in [6, 6.07) is 7.20. The van der Waals surface area contributed by atoms with Gasteiger partial charge in [-0.3, -0.25) is 19.9 Å². The molecule has 0 atom stereocenters. The van der Waals surface area contributed by atoms with E-state index in [1.54, 1.807) is 35.4 Å². The summed E-state index contributed by atoms with van der Waals surface area (Å²) in [7, 11) is 0. The molecule has 2 heterocycles. The average molecular weight is 187 g/mol. The molecular formula is C10H9N3O. The lowest BCUT2D eigenvalue weighted by Crippen LogP contribution is -2.10. The molecule has 4 heteroatoms. The van der Waals surface area contributed by atoms with E-state index < -0.39 is 0 Å². The zero-order chi connectivity index (χ0) is 9.80. The second-order valence-corrected chi connectivity index (χ2v) is 2.77. The minimum atomic E-state index is 0.585. The molecule has 70 valence electrons. The van der Waals surface area contributed by atoms with Crippen LogP contribution >= 0.6 is 0 Å². The molecule has 0 aliphatic heterocycles. The molecule has 0 aliphatic rings. The van der Waals surface area contributed by atoms with Gasteiger partial charge < -0.3 is 0 Å². The fraction of sp³-hybridized carbons (Fsp3) is 0. The summed E-state index contributed by atoms with van der Waals surface area (Å²) >= 11 is 0. The summed E-state index contributed by atoms with van der Waals surface area (Å²) < 4.78 is 1.66. The van der Waals surface area contributed by atoms with Crippen molar-refractivity contribution in [2.24, 2.45) is 0 Å². The Morgan fingerprint density at radius 3 is 2.79 bits per heavy atom. The molecule has 2 aromatic rings. The molecule has 0 aromatic carbocycles. The molecule has 0 amide bonds. The van der Waals surface area contributed by atoms with Crippen LogP contribution < -0.4 is 5.43 Å². The van der Waals surface area contributed by atoms with Crippen molar-refractivity contribution in [3.63, 3.8) is 0 Å². The topological polar surface area (TPSA) is 46.9 Å². The Balaban J connectivity index is 2.23. The normalized spacial score (nSPS) is 9.71. The average Bonchev–Trinajstić information content (AvgIpc) is 2.67. The fourth-order valence-electron chi connectivity index (χ4n) is 1.16. The smallest absolute Gasteiger partial charge is 0.168 e. The zero-order valence-electron chi connectivity index (χ0n) is 7.42. The summed E-state index contributed by atoms with van der Waals surface area (Å²) in [5, 5.41) is 0. The van der Waals surface area contributed by atoms with E-state index in [2.05, 4.69) is 10.4 Å². The molecule has 0 aliphatic carbocycles. The molecule has 0 spiro atoms. The van der Waals surface area contributed by atoms with E-state index in [4.69, 9.17) is 0 Å². The van der Waals surface area contributed by atoms with Gasteiger partial charge >= 0.3 is 0 Å². The number of carbonyl (C=O) groups is 1. The van der Waals surface area contributed by atoms with Crippen LogP contribution in [0.1, 0.15) is 10.5 Å². The SMILES string of the molecule is O=Cc1cccn1Nc1ccncc1. The lowest BCUT2D eigenvalue weighted by molar-refractivity contribution is 0.111. The molecule has 4 nitrogen and oxygen atoms in total. The van der Waals surface area contributed by atoms with Crippen molar-refractivity contribution >= 4 is 12.0 Å². The summed E-state index contributed by atoms with van der Waals surface area (Å²) in [4.78, 5) is 14.5. The van der Waals surface area contributed by atoms with Crippen LogP contribution in [0.3, 0.4) is 0 Å². The summed E-state index contributed by atoms with van der Waals surface area (Å²) in [6.45, 7) is 0. The van der Waals surface area contributed by atoms with Gasteiger partial charge in [0.05, 0.1) is 5.69 Å². The maximum Gasteiger partial charge on any atom is 0.168 e. The number of nitrogens with one attached hydrogen (secondary N) is 1. The van der Waals surface area contributed by atoms with Crippen molar-refractivity contribution in [3.8, 4) is 0 Å². The Morgan fingerprint density at radius 1 is 1.29 bits per heavy atom. The number of rotatable bonds is 3. The molecule has 14 heavy (non-hydrogen) atoms. The van der Waals surface area contributed by atoms with Crippen molar-refractivity contribution in [3.05, 3.63) is 48.5 Å². The maximum atomic E-state index is 10.6. The van der Waals surface area contributed by atoms with Crippen molar-refractivity contribution in [1.82, 2.24) is 9.66 Å². The highest BCUT2D eigenvalue weighted by Gasteiger charge is 1.97. The van der Waals surface area contributed by atoms with Gasteiger partial charge in [0, 0.05) is 18.6 Å². The first-order valence-electron chi connectivity index (χ1n) is 4.20. The molecular weight excluding hydrogens is 178 g/mol. The zero-order valence-corrected chi connectivity index (χ0v) is 7.42.